The van der Waals surface area contributed by atoms with Crippen LogP contribution in [0.4, 0.5) is 0 Å². The number of piperazine rings is 1. The van der Waals surface area contributed by atoms with E-state index >= 15 is 0 Å². The molecule has 1 saturated heterocycles. The van der Waals surface area contributed by atoms with Gasteiger partial charge >= 0.3 is 0 Å². The number of halogens is 1. The molecule has 1 N–H and O–H groups in total. The molecule has 0 unspecified atom stereocenters. The van der Waals surface area contributed by atoms with Crippen LogP contribution in [0.2, 0.25) is 5.02 Å². The fraction of sp³-hybridized carbons (Fsp3) is 0.318. The largest absolute Gasteiger partial charge is 0.380 e. The molecule has 1 aliphatic heterocycles. The SMILES string of the molecule is O=C(c1ccc(-c2cn3ccccc3n2)cc1Cl)N1CCN(C(=O)C2(O)CC2)CC1. The van der Waals surface area contributed by atoms with E-state index in [1.165, 1.54) is 0 Å². The van der Waals surface area contributed by atoms with E-state index in [0.29, 0.717) is 49.6 Å². The van der Waals surface area contributed by atoms with Gasteiger partial charge < -0.3 is 19.3 Å². The summed E-state index contributed by atoms with van der Waals surface area (Å²) in [6.45, 7) is 1.68. The lowest BCUT2D eigenvalue weighted by Crippen LogP contribution is -2.53. The number of aromatic nitrogens is 2. The molecule has 1 saturated carbocycles. The van der Waals surface area contributed by atoms with Gasteiger partial charge in [-0.05, 0) is 37.1 Å². The molecule has 2 aromatic heterocycles. The van der Waals surface area contributed by atoms with Gasteiger partial charge in [-0.25, -0.2) is 4.98 Å². The maximum Gasteiger partial charge on any atom is 0.255 e. The standard InChI is InChI=1S/C22H21ClN4O3/c23-17-13-15(18-14-27-8-2-1-3-19(27)24-18)4-5-16(17)20(28)25-9-11-26(12-10-25)21(29)22(30)6-7-22/h1-5,8,13-14,30H,6-7,9-12H2. The zero-order chi connectivity index (χ0) is 20.9. The Balaban J connectivity index is 1.30. The smallest absolute Gasteiger partial charge is 0.255 e. The number of aliphatic hydroxyl groups is 1. The van der Waals surface area contributed by atoms with Crippen molar-refractivity contribution in [3.05, 3.63) is 59.4 Å². The first-order chi connectivity index (χ1) is 14.4. The van der Waals surface area contributed by atoms with Gasteiger partial charge in [0.05, 0.1) is 16.3 Å². The van der Waals surface area contributed by atoms with Crippen molar-refractivity contribution >= 4 is 29.1 Å². The van der Waals surface area contributed by atoms with Gasteiger partial charge in [0.2, 0.25) is 0 Å². The van der Waals surface area contributed by atoms with Crippen molar-refractivity contribution in [2.75, 3.05) is 26.2 Å². The first kappa shape index (κ1) is 19.1. The van der Waals surface area contributed by atoms with Crippen LogP contribution in [0.3, 0.4) is 0 Å². The Bertz CT molecular complexity index is 1110. The second-order valence-corrected chi connectivity index (χ2v) is 8.31. The summed E-state index contributed by atoms with van der Waals surface area (Å²) in [6, 6.07) is 11.1. The molecule has 8 heteroatoms. The summed E-state index contributed by atoms with van der Waals surface area (Å²) in [7, 11) is 0. The van der Waals surface area contributed by atoms with Crippen LogP contribution >= 0.6 is 11.6 Å². The lowest BCUT2D eigenvalue weighted by Gasteiger charge is -2.36. The Morgan fingerprint density at radius 1 is 1.03 bits per heavy atom. The van der Waals surface area contributed by atoms with Crippen molar-refractivity contribution in [2.45, 2.75) is 18.4 Å². The number of amides is 2. The van der Waals surface area contributed by atoms with Crippen molar-refractivity contribution in [1.82, 2.24) is 19.2 Å². The van der Waals surface area contributed by atoms with E-state index in [1.807, 2.05) is 41.1 Å². The van der Waals surface area contributed by atoms with Crippen molar-refractivity contribution in [1.29, 1.82) is 0 Å². The van der Waals surface area contributed by atoms with Gasteiger partial charge in [0, 0.05) is 44.1 Å². The molecular formula is C22H21ClN4O3. The van der Waals surface area contributed by atoms with E-state index in [1.54, 1.807) is 21.9 Å². The van der Waals surface area contributed by atoms with E-state index in [0.717, 1.165) is 16.9 Å². The average molecular weight is 425 g/mol. The third-order valence-electron chi connectivity index (χ3n) is 5.84. The molecule has 3 heterocycles. The minimum absolute atomic E-state index is 0.154. The number of hydrogen-bond acceptors (Lipinski definition) is 4. The van der Waals surface area contributed by atoms with Crippen molar-refractivity contribution in [2.24, 2.45) is 0 Å². The fourth-order valence-electron chi connectivity index (χ4n) is 3.83. The fourth-order valence-corrected chi connectivity index (χ4v) is 4.09. The lowest BCUT2D eigenvalue weighted by atomic mass is 10.1. The Kier molecular flexibility index (Phi) is 4.52. The van der Waals surface area contributed by atoms with E-state index in [2.05, 4.69) is 4.98 Å². The number of carbonyl (C=O) groups is 2. The first-order valence-corrected chi connectivity index (χ1v) is 10.4. The summed E-state index contributed by atoms with van der Waals surface area (Å²) in [5, 5.41) is 10.4. The summed E-state index contributed by atoms with van der Waals surface area (Å²) in [6.07, 6.45) is 4.91. The van der Waals surface area contributed by atoms with Crippen LogP contribution in [0.25, 0.3) is 16.9 Å². The van der Waals surface area contributed by atoms with Crippen LogP contribution in [-0.2, 0) is 4.79 Å². The van der Waals surface area contributed by atoms with Crippen LogP contribution in [0, 0.1) is 0 Å². The van der Waals surface area contributed by atoms with Gasteiger partial charge in [-0.15, -0.1) is 0 Å². The predicted molar refractivity (Wildman–Crippen MR) is 112 cm³/mol. The average Bonchev–Trinajstić information content (AvgIpc) is 3.36. The van der Waals surface area contributed by atoms with Gasteiger partial charge in [-0.1, -0.05) is 23.7 Å². The number of nitrogens with zero attached hydrogens (tertiary/aromatic N) is 4. The normalized spacial score (nSPS) is 17.9. The van der Waals surface area contributed by atoms with Gasteiger partial charge in [0.25, 0.3) is 11.8 Å². The van der Waals surface area contributed by atoms with E-state index in [-0.39, 0.29) is 11.8 Å². The highest BCUT2D eigenvalue weighted by Crippen LogP contribution is 2.37. The molecular weight excluding hydrogens is 404 g/mol. The van der Waals surface area contributed by atoms with Gasteiger partial charge in [0.15, 0.2) is 0 Å². The maximum atomic E-state index is 13.0. The second kappa shape index (κ2) is 7.11. The summed E-state index contributed by atoms with van der Waals surface area (Å²) in [4.78, 5) is 33.2. The van der Waals surface area contributed by atoms with Crippen molar-refractivity contribution in [3.8, 4) is 11.3 Å². The summed E-state index contributed by atoms with van der Waals surface area (Å²) in [5.74, 6) is -0.372. The lowest BCUT2D eigenvalue weighted by molar-refractivity contribution is -0.143. The number of rotatable bonds is 3. The Morgan fingerprint density at radius 2 is 1.77 bits per heavy atom. The number of hydrogen-bond donors (Lipinski definition) is 1. The molecule has 3 aromatic rings. The molecule has 0 spiro atoms. The molecule has 2 amide bonds. The number of fused-ring (bicyclic) bond motifs is 1. The van der Waals surface area contributed by atoms with E-state index < -0.39 is 5.60 Å². The Morgan fingerprint density at radius 3 is 2.43 bits per heavy atom. The van der Waals surface area contributed by atoms with Crippen LogP contribution in [-0.4, -0.2) is 67.9 Å². The highest BCUT2D eigenvalue weighted by atomic mass is 35.5. The number of imidazole rings is 1. The summed E-state index contributed by atoms with van der Waals surface area (Å²) in [5.41, 5.74) is 1.74. The molecule has 7 nitrogen and oxygen atoms in total. The van der Waals surface area contributed by atoms with Gasteiger partial charge in [-0.3, -0.25) is 9.59 Å². The van der Waals surface area contributed by atoms with Gasteiger partial charge in [-0.2, -0.15) is 0 Å². The third kappa shape index (κ3) is 3.34. The molecule has 30 heavy (non-hydrogen) atoms. The summed E-state index contributed by atoms with van der Waals surface area (Å²) >= 11 is 6.46. The zero-order valence-electron chi connectivity index (χ0n) is 16.3. The molecule has 2 fully saturated rings. The van der Waals surface area contributed by atoms with Crippen LogP contribution in [0.5, 0.6) is 0 Å². The quantitative estimate of drug-likeness (QED) is 0.700. The minimum Gasteiger partial charge on any atom is -0.380 e. The van der Waals surface area contributed by atoms with Crippen molar-refractivity contribution in [3.63, 3.8) is 0 Å². The first-order valence-electron chi connectivity index (χ1n) is 9.99. The number of benzene rings is 1. The maximum absolute atomic E-state index is 13.0. The van der Waals surface area contributed by atoms with Gasteiger partial charge in [0.1, 0.15) is 11.2 Å². The Hall–Kier alpha value is -2.90. The topological polar surface area (TPSA) is 78.2 Å². The molecule has 0 radical (unpaired) electrons. The van der Waals surface area contributed by atoms with E-state index in [4.69, 9.17) is 11.6 Å². The third-order valence-corrected chi connectivity index (χ3v) is 6.15. The second-order valence-electron chi connectivity index (χ2n) is 7.90. The molecule has 1 aliphatic carbocycles. The molecule has 5 rings (SSSR count). The van der Waals surface area contributed by atoms with Crippen LogP contribution in [0.15, 0.2) is 48.8 Å². The monoisotopic (exact) mass is 424 g/mol. The minimum atomic E-state index is -1.16. The molecule has 0 atom stereocenters. The number of carbonyl (C=O) groups excluding carboxylic acids is 2. The molecule has 0 bridgehead atoms. The zero-order valence-corrected chi connectivity index (χ0v) is 17.0. The van der Waals surface area contributed by atoms with E-state index in [9.17, 15) is 14.7 Å². The summed E-state index contributed by atoms with van der Waals surface area (Å²) < 4.78 is 1.93. The van der Waals surface area contributed by atoms with Crippen LogP contribution in [0.1, 0.15) is 23.2 Å². The predicted octanol–water partition coefficient (Wildman–Crippen LogP) is 2.46. The van der Waals surface area contributed by atoms with Crippen LogP contribution < -0.4 is 0 Å². The molecule has 154 valence electrons. The molecule has 1 aromatic carbocycles. The molecule has 2 aliphatic rings. The van der Waals surface area contributed by atoms with Crippen molar-refractivity contribution < 1.29 is 14.7 Å². The Labute approximate surface area is 178 Å². The highest BCUT2D eigenvalue weighted by molar-refractivity contribution is 6.34. The highest BCUT2D eigenvalue weighted by Gasteiger charge is 2.50. The number of pyridine rings is 1.